The lowest BCUT2D eigenvalue weighted by atomic mass is 10.1. The summed E-state index contributed by atoms with van der Waals surface area (Å²) >= 11 is 0. The van der Waals surface area contributed by atoms with Crippen LogP contribution in [0.15, 0.2) is 42.6 Å². The molecule has 2 aliphatic rings. The second-order valence-corrected chi connectivity index (χ2v) is 7.17. The van der Waals surface area contributed by atoms with Gasteiger partial charge in [-0.3, -0.25) is 4.90 Å². The minimum absolute atomic E-state index is 0.235. The quantitative estimate of drug-likeness (QED) is 0.877. The zero-order chi connectivity index (χ0) is 17.8. The van der Waals surface area contributed by atoms with Crippen molar-refractivity contribution in [2.75, 3.05) is 55.6 Å². The zero-order valence-corrected chi connectivity index (χ0v) is 15.2. The van der Waals surface area contributed by atoms with Gasteiger partial charge in [-0.15, -0.1) is 0 Å². The maximum Gasteiger partial charge on any atom is 0.227 e. The Hall–Kier alpha value is -2.18. The molecule has 2 aliphatic heterocycles. The van der Waals surface area contributed by atoms with Crippen LogP contribution in [0.4, 0.5) is 11.8 Å². The lowest BCUT2D eigenvalue weighted by Crippen LogP contribution is -2.47. The molecule has 0 saturated carbocycles. The summed E-state index contributed by atoms with van der Waals surface area (Å²) in [6, 6.07) is 12.6. The van der Waals surface area contributed by atoms with Crippen molar-refractivity contribution in [1.29, 1.82) is 0 Å². The molecule has 1 aromatic heterocycles. The number of piperazine rings is 1. The van der Waals surface area contributed by atoms with Crippen molar-refractivity contribution in [2.24, 2.45) is 0 Å². The van der Waals surface area contributed by atoms with E-state index in [0.29, 0.717) is 6.54 Å². The summed E-state index contributed by atoms with van der Waals surface area (Å²) in [5, 5.41) is 9.74. The third kappa shape index (κ3) is 4.14. The molecule has 0 unspecified atom stereocenters. The van der Waals surface area contributed by atoms with Crippen molar-refractivity contribution in [3.8, 4) is 0 Å². The fourth-order valence-corrected chi connectivity index (χ4v) is 3.72. The predicted molar refractivity (Wildman–Crippen MR) is 104 cm³/mol. The summed E-state index contributed by atoms with van der Waals surface area (Å²) in [6.45, 7) is 6.65. The average Bonchev–Trinajstić information content (AvgIpc) is 3.14. The van der Waals surface area contributed by atoms with Gasteiger partial charge in [0.1, 0.15) is 5.82 Å². The highest BCUT2D eigenvalue weighted by Gasteiger charge is 2.23. The van der Waals surface area contributed by atoms with E-state index >= 15 is 0 Å². The summed E-state index contributed by atoms with van der Waals surface area (Å²) in [7, 11) is 0. The van der Waals surface area contributed by atoms with Gasteiger partial charge in [-0.25, -0.2) is 4.98 Å². The fraction of sp³-hybridized carbons (Fsp3) is 0.500. The van der Waals surface area contributed by atoms with Gasteiger partial charge in [-0.2, -0.15) is 4.98 Å². The Morgan fingerprint density at radius 3 is 2.50 bits per heavy atom. The summed E-state index contributed by atoms with van der Waals surface area (Å²) in [6.07, 6.45) is 3.52. The molecule has 3 heterocycles. The molecule has 2 saturated heterocycles. The van der Waals surface area contributed by atoms with E-state index in [9.17, 15) is 5.11 Å². The van der Waals surface area contributed by atoms with Gasteiger partial charge in [0.05, 0.1) is 6.10 Å². The molecule has 1 N–H and O–H groups in total. The standard InChI is InChI=1S/C20H27N5O/c26-18-8-11-25(16-18)19-6-9-21-20(22-19)24-14-12-23(13-15-24)10-7-17-4-2-1-3-5-17/h1-6,9,18,26H,7-8,10-16H2/t18-/m0/s1. The first-order chi connectivity index (χ1) is 12.8. The molecule has 0 radical (unpaired) electrons. The van der Waals surface area contributed by atoms with Crippen LogP contribution < -0.4 is 9.80 Å². The molecule has 0 bridgehead atoms. The molecule has 1 atom stereocenters. The van der Waals surface area contributed by atoms with Crippen molar-refractivity contribution in [3.05, 3.63) is 48.2 Å². The Kier molecular flexibility index (Phi) is 5.32. The van der Waals surface area contributed by atoms with E-state index in [0.717, 1.165) is 63.9 Å². The molecule has 2 fully saturated rings. The van der Waals surface area contributed by atoms with Crippen LogP contribution in [-0.4, -0.2) is 71.9 Å². The van der Waals surface area contributed by atoms with E-state index < -0.39 is 0 Å². The molecular formula is C20H27N5O. The first-order valence-electron chi connectivity index (χ1n) is 9.55. The number of hydrogen-bond donors (Lipinski definition) is 1. The number of anilines is 2. The minimum atomic E-state index is -0.235. The lowest BCUT2D eigenvalue weighted by molar-refractivity contribution is 0.198. The van der Waals surface area contributed by atoms with Crippen LogP contribution >= 0.6 is 0 Å². The van der Waals surface area contributed by atoms with Crippen molar-refractivity contribution in [1.82, 2.24) is 14.9 Å². The largest absolute Gasteiger partial charge is 0.391 e. The molecule has 0 aliphatic carbocycles. The molecule has 1 aromatic carbocycles. The molecule has 138 valence electrons. The first kappa shape index (κ1) is 17.2. The number of hydrogen-bond acceptors (Lipinski definition) is 6. The number of rotatable bonds is 5. The van der Waals surface area contributed by atoms with E-state index in [-0.39, 0.29) is 6.10 Å². The van der Waals surface area contributed by atoms with Crippen LogP contribution in [0.3, 0.4) is 0 Å². The highest BCUT2D eigenvalue weighted by Crippen LogP contribution is 2.20. The molecule has 0 spiro atoms. The Balaban J connectivity index is 1.30. The van der Waals surface area contributed by atoms with Crippen molar-refractivity contribution in [2.45, 2.75) is 18.9 Å². The van der Waals surface area contributed by atoms with Gasteiger partial charge in [0.15, 0.2) is 0 Å². The van der Waals surface area contributed by atoms with Gasteiger partial charge < -0.3 is 14.9 Å². The normalized spacial score (nSPS) is 21.3. The highest BCUT2D eigenvalue weighted by molar-refractivity contribution is 5.45. The van der Waals surface area contributed by atoms with Crippen LogP contribution in [0.2, 0.25) is 0 Å². The second-order valence-electron chi connectivity index (χ2n) is 7.17. The number of β-amino-alcohol motifs (C(OH)–C–C–N with tert-alkyl or cyclic N) is 1. The van der Waals surface area contributed by atoms with E-state index in [1.165, 1.54) is 5.56 Å². The third-order valence-corrected chi connectivity index (χ3v) is 5.33. The van der Waals surface area contributed by atoms with Gasteiger partial charge in [0.2, 0.25) is 5.95 Å². The van der Waals surface area contributed by atoms with Crippen LogP contribution in [0, 0.1) is 0 Å². The molecule has 6 nitrogen and oxygen atoms in total. The van der Waals surface area contributed by atoms with Crippen molar-refractivity contribution >= 4 is 11.8 Å². The van der Waals surface area contributed by atoms with Crippen LogP contribution in [0.25, 0.3) is 0 Å². The summed E-state index contributed by atoms with van der Waals surface area (Å²) in [4.78, 5) is 16.2. The lowest BCUT2D eigenvalue weighted by Gasteiger charge is -2.35. The average molecular weight is 353 g/mol. The Labute approximate surface area is 155 Å². The SMILES string of the molecule is O[C@H]1CCN(c2ccnc(N3CCN(CCc4ccccc4)CC3)n2)C1. The molecule has 2 aromatic rings. The van der Waals surface area contributed by atoms with E-state index in [4.69, 9.17) is 4.98 Å². The molecule has 26 heavy (non-hydrogen) atoms. The number of aliphatic hydroxyl groups excluding tert-OH is 1. The number of aliphatic hydroxyl groups is 1. The molecular weight excluding hydrogens is 326 g/mol. The van der Waals surface area contributed by atoms with Crippen LogP contribution in [0.1, 0.15) is 12.0 Å². The topological polar surface area (TPSA) is 55.7 Å². The summed E-state index contributed by atoms with van der Waals surface area (Å²) in [5.41, 5.74) is 1.40. The zero-order valence-electron chi connectivity index (χ0n) is 15.2. The highest BCUT2D eigenvalue weighted by atomic mass is 16.3. The monoisotopic (exact) mass is 353 g/mol. The van der Waals surface area contributed by atoms with Crippen LogP contribution in [0.5, 0.6) is 0 Å². The first-order valence-corrected chi connectivity index (χ1v) is 9.55. The van der Waals surface area contributed by atoms with E-state index in [2.05, 4.69) is 50.0 Å². The van der Waals surface area contributed by atoms with Gasteiger partial charge in [-0.05, 0) is 24.5 Å². The Morgan fingerprint density at radius 1 is 0.962 bits per heavy atom. The Morgan fingerprint density at radius 2 is 1.77 bits per heavy atom. The van der Waals surface area contributed by atoms with Gasteiger partial charge in [0, 0.05) is 52.0 Å². The predicted octanol–water partition coefficient (Wildman–Crippen LogP) is 1.41. The van der Waals surface area contributed by atoms with E-state index in [1.54, 1.807) is 0 Å². The summed E-state index contributed by atoms with van der Waals surface area (Å²) < 4.78 is 0. The maximum absolute atomic E-state index is 9.74. The minimum Gasteiger partial charge on any atom is -0.391 e. The third-order valence-electron chi connectivity index (χ3n) is 5.33. The molecule has 6 heteroatoms. The smallest absolute Gasteiger partial charge is 0.227 e. The fourth-order valence-electron chi connectivity index (χ4n) is 3.72. The van der Waals surface area contributed by atoms with E-state index in [1.807, 2.05) is 12.3 Å². The van der Waals surface area contributed by atoms with Gasteiger partial charge in [0.25, 0.3) is 0 Å². The Bertz CT molecular complexity index is 702. The molecule has 4 rings (SSSR count). The van der Waals surface area contributed by atoms with Crippen LogP contribution in [-0.2, 0) is 6.42 Å². The van der Waals surface area contributed by atoms with Gasteiger partial charge >= 0.3 is 0 Å². The number of nitrogens with zero attached hydrogens (tertiary/aromatic N) is 5. The second kappa shape index (κ2) is 8.01. The number of benzene rings is 1. The van der Waals surface area contributed by atoms with Crippen molar-refractivity contribution in [3.63, 3.8) is 0 Å². The summed E-state index contributed by atoms with van der Waals surface area (Å²) in [5.74, 6) is 1.74. The van der Waals surface area contributed by atoms with Gasteiger partial charge in [-0.1, -0.05) is 30.3 Å². The number of aromatic nitrogens is 2. The molecule has 0 amide bonds. The van der Waals surface area contributed by atoms with Crippen molar-refractivity contribution < 1.29 is 5.11 Å². The maximum atomic E-state index is 9.74.